The molecule has 0 bridgehead atoms. The minimum absolute atomic E-state index is 0.0315. The first-order valence-corrected chi connectivity index (χ1v) is 5.32. The second-order valence-corrected chi connectivity index (χ2v) is 3.94. The van der Waals surface area contributed by atoms with E-state index >= 15 is 0 Å². The molecule has 3 rings (SSSR count). The average Bonchev–Trinajstić information content (AvgIpc) is 2.72. The molecule has 0 spiro atoms. The largest absolute Gasteiger partial charge is 0.507 e. The van der Waals surface area contributed by atoms with Crippen LogP contribution in [-0.2, 0) is 0 Å². The summed E-state index contributed by atoms with van der Waals surface area (Å²) >= 11 is 5.76. The highest BCUT2D eigenvalue weighted by Gasteiger charge is 2.12. The molecule has 0 saturated heterocycles. The molecule has 1 aromatic carbocycles. The van der Waals surface area contributed by atoms with Crippen molar-refractivity contribution < 1.29 is 9.52 Å². The topological polar surface area (TPSA) is 59.2 Å². The van der Waals surface area contributed by atoms with Crippen LogP contribution in [0.4, 0.5) is 0 Å². The molecule has 0 aliphatic heterocycles. The summed E-state index contributed by atoms with van der Waals surface area (Å²) in [5, 5.41) is 10.2. The summed E-state index contributed by atoms with van der Waals surface area (Å²) in [6.45, 7) is 0. The van der Waals surface area contributed by atoms with Crippen molar-refractivity contribution in [3.05, 3.63) is 41.6 Å². The molecular formula is C12H7ClN2O2. The van der Waals surface area contributed by atoms with Gasteiger partial charge in [0, 0.05) is 11.2 Å². The van der Waals surface area contributed by atoms with Gasteiger partial charge in [0.15, 0.2) is 0 Å². The molecule has 0 unspecified atom stereocenters. The lowest BCUT2D eigenvalue weighted by Crippen LogP contribution is -1.78. The summed E-state index contributed by atoms with van der Waals surface area (Å²) in [4.78, 5) is 8.28. The molecule has 0 amide bonds. The summed E-state index contributed by atoms with van der Waals surface area (Å²) in [6, 6.07) is 8.33. The number of benzene rings is 1. The third kappa shape index (κ3) is 1.72. The van der Waals surface area contributed by atoms with Gasteiger partial charge in [0.1, 0.15) is 11.3 Å². The molecule has 17 heavy (non-hydrogen) atoms. The smallest absolute Gasteiger partial charge is 0.247 e. The average molecular weight is 247 g/mol. The fourth-order valence-corrected chi connectivity index (χ4v) is 1.74. The molecule has 3 aromatic rings. The maximum absolute atomic E-state index is 9.77. The lowest BCUT2D eigenvalue weighted by molar-refractivity contribution is 0.474. The van der Waals surface area contributed by atoms with E-state index in [9.17, 15) is 5.11 Å². The number of aromatic hydroxyl groups is 1. The van der Waals surface area contributed by atoms with Crippen LogP contribution in [-0.4, -0.2) is 15.1 Å². The SMILES string of the molecule is Oc1cc(Cl)ccc1-c1nc2cccnc2o1. The minimum Gasteiger partial charge on any atom is -0.507 e. The second-order valence-electron chi connectivity index (χ2n) is 3.51. The van der Waals surface area contributed by atoms with Gasteiger partial charge in [-0.1, -0.05) is 11.6 Å². The lowest BCUT2D eigenvalue weighted by Gasteiger charge is -1.99. The van der Waals surface area contributed by atoms with Crippen LogP contribution in [0.2, 0.25) is 5.02 Å². The van der Waals surface area contributed by atoms with Crippen LogP contribution in [0.3, 0.4) is 0 Å². The van der Waals surface area contributed by atoms with Crippen molar-refractivity contribution in [1.29, 1.82) is 0 Å². The van der Waals surface area contributed by atoms with E-state index in [2.05, 4.69) is 9.97 Å². The van der Waals surface area contributed by atoms with E-state index in [0.29, 0.717) is 27.7 Å². The first-order valence-electron chi connectivity index (χ1n) is 4.94. The molecule has 4 nitrogen and oxygen atoms in total. The normalized spacial score (nSPS) is 10.9. The molecule has 84 valence electrons. The van der Waals surface area contributed by atoms with Crippen LogP contribution >= 0.6 is 11.6 Å². The summed E-state index contributed by atoms with van der Waals surface area (Å²) < 4.78 is 5.45. The summed E-state index contributed by atoms with van der Waals surface area (Å²) in [5.74, 6) is 0.358. The number of oxazole rings is 1. The van der Waals surface area contributed by atoms with Gasteiger partial charge in [-0.3, -0.25) is 0 Å². The highest BCUT2D eigenvalue weighted by Crippen LogP contribution is 2.32. The highest BCUT2D eigenvalue weighted by molar-refractivity contribution is 6.30. The number of hydrogen-bond acceptors (Lipinski definition) is 4. The quantitative estimate of drug-likeness (QED) is 0.716. The number of pyridine rings is 1. The number of aromatic nitrogens is 2. The van der Waals surface area contributed by atoms with Gasteiger partial charge in [-0.2, -0.15) is 0 Å². The van der Waals surface area contributed by atoms with Crippen molar-refractivity contribution in [2.45, 2.75) is 0 Å². The van der Waals surface area contributed by atoms with Gasteiger partial charge in [-0.05, 0) is 30.3 Å². The zero-order valence-corrected chi connectivity index (χ0v) is 9.35. The van der Waals surface area contributed by atoms with Crippen LogP contribution in [0, 0.1) is 0 Å². The third-order valence-electron chi connectivity index (χ3n) is 2.36. The Bertz CT molecular complexity index is 661. The van der Waals surface area contributed by atoms with Crippen molar-refractivity contribution in [3.8, 4) is 17.2 Å². The lowest BCUT2D eigenvalue weighted by atomic mass is 10.2. The number of phenolic OH excluding ortho intramolecular Hbond substituents is 1. The van der Waals surface area contributed by atoms with Crippen LogP contribution < -0.4 is 0 Å². The molecule has 0 saturated carbocycles. The zero-order chi connectivity index (χ0) is 11.8. The Hall–Kier alpha value is -2.07. The number of hydrogen-bond donors (Lipinski definition) is 1. The molecule has 0 aliphatic rings. The summed E-state index contributed by atoms with van der Waals surface area (Å²) in [7, 11) is 0. The van der Waals surface area contributed by atoms with E-state index in [1.165, 1.54) is 6.07 Å². The second kappa shape index (κ2) is 3.75. The van der Waals surface area contributed by atoms with E-state index < -0.39 is 0 Å². The minimum atomic E-state index is 0.0315. The molecule has 2 heterocycles. The van der Waals surface area contributed by atoms with Gasteiger partial charge in [0.2, 0.25) is 11.6 Å². The first-order chi connectivity index (χ1) is 8.24. The Labute approximate surface area is 102 Å². The molecule has 0 radical (unpaired) electrons. The number of phenols is 1. The van der Waals surface area contributed by atoms with E-state index in [0.717, 1.165) is 0 Å². The van der Waals surface area contributed by atoms with Gasteiger partial charge in [0.25, 0.3) is 0 Å². The van der Waals surface area contributed by atoms with Gasteiger partial charge < -0.3 is 9.52 Å². The number of nitrogens with zero attached hydrogens (tertiary/aromatic N) is 2. The molecule has 0 fully saturated rings. The van der Waals surface area contributed by atoms with E-state index in [1.807, 2.05) is 0 Å². The monoisotopic (exact) mass is 246 g/mol. The summed E-state index contributed by atoms with van der Waals surface area (Å²) in [5.41, 5.74) is 1.58. The van der Waals surface area contributed by atoms with E-state index in [-0.39, 0.29) is 5.75 Å². The number of fused-ring (bicyclic) bond motifs is 1. The third-order valence-corrected chi connectivity index (χ3v) is 2.59. The standard InChI is InChI=1S/C12H7ClN2O2/c13-7-3-4-8(10(16)6-7)11-15-9-2-1-5-14-12(9)17-11/h1-6,16H. The Morgan fingerprint density at radius 1 is 1.24 bits per heavy atom. The number of rotatable bonds is 1. The molecule has 5 heteroatoms. The molecule has 0 aliphatic carbocycles. The summed E-state index contributed by atoms with van der Waals surface area (Å²) in [6.07, 6.45) is 1.62. The molecular weight excluding hydrogens is 240 g/mol. The van der Waals surface area contributed by atoms with E-state index in [4.69, 9.17) is 16.0 Å². The fraction of sp³-hybridized carbons (Fsp3) is 0. The maximum atomic E-state index is 9.77. The van der Waals surface area contributed by atoms with E-state index in [1.54, 1.807) is 30.5 Å². The van der Waals surface area contributed by atoms with Crippen molar-refractivity contribution in [3.63, 3.8) is 0 Å². The van der Waals surface area contributed by atoms with Crippen molar-refractivity contribution in [2.24, 2.45) is 0 Å². The predicted molar refractivity (Wildman–Crippen MR) is 63.9 cm³/mol. The van der Waals surface area contributed by atoms with Crippen LogP contribution in [0.15, 0.2) is 40.9 Å². The van der Waals surface area contributed by atoms with Crippen molar-refractivity contribution >= 4 is 22.8 Å². The van der Waals surface area contributed by atoms with Gasteiger partial charge in [0.05, 0.1) is 5.56 Å². The number of halogens is 1. The predicted octanol–water partition coefficient (Wildman–Crippen LogP) is 3.25. The van der Waals surface area contributed by atoms with Crippen LogP contribution in [0.25, 0.3) is 22.7 Å². The zero-order valence-electron chi connectivity index (χ0n) is 8.59. The Kier molecular flexibility index (Phi) is 2.23. The van der Waals surface area contributed by atoms with Crippen LogP contribution in [0.5, 0.6) is 5.75 Å². The van der Waals surface area contributed by atoms with Gasteiger partial charge in [-0.15, -0.1) is 0 Å². The van der Waals surface area contributed by atoms with Gasteiger partial charge >= 0.3 is 0 Å². The van der Waals surface area contributed by atoms with Crippen molar-refractivity contribution in [1.82, 2.24) is 9.97 Å². The first kappa shape index (κ1) is 10.1. The van der Waals surface area contributed by atoms with Gasteiger partial charge in [-0.25, -0.2) is 9.97 Å². The molecule has 0 atom stereocenters. The maximum Gasteiger partial charge on any atom is 0.247 e. The Morgan fingerprint density at radius 3 is 2.88 bits per heavy atom. The Balaban J connectivity index is 2.20. The Morgan fingerprint density at radius 2 is 2.12 bits per heavy atom. The fourth-order valence-electron chi connectivity index (χ4n) is 1.57. The molecule has 1 N–H and O–H groups in total. The highest BCUT2D eigenvalue weighted by atomic mass is 35.5. The van der Waals surface area contributed by atoms with Crippen molar-refractivity contribution in [2.75, 3.05) is 0 Å². The van der Waals surface area contributed by atoms with Crippen LogP contribution in [0.1, 0.15) is 0 Å². The molecule has 2 aromatic heterocycles.